The van der Waals surface area contributed by atoms with Gasteiger partial charge in [0.1, 0.15) is 0 Å². The quantitative estimate of drug-likeness (QED) is 0.775. The highest BCUT2D eigenvalue weighted by Crippen LogP contribution is 2.25. The summed E-state index contributed by atoms with van der Waals surface area (Å²) in [6.45, 7) is 2.51. The number of primary amides is 1. The van der Waals surface area contributed by atoms with Gasteiger partial charge in [0.15, 0.2) is 5.82 Å². The van der Waals surface area contributed by atoms with Crippen molar-refractivity contribution in [3.63, 3.8) is 0 Å². The molecule has 7 nitrogen and oxygen atoms in total. The minimum Gasteiger partial charge on any atom is -0.384 e. The standard InChI is InChI=1S/C12H20N4O3/c1-18-6-4-11-14-12(19-15-11)9-3-2-5-16(7-9)8-10(13)17/h9H,2-8H2,1H3,(H2,13,17)/t9-/m0/s1. The Morgan fingerprint density at radius 1 is 1.63 bits per heavy atom. The Kier molecular flexibility index (Phi) is 4.86. The number of hydrogen-bond donors (Lipinski definition) is 1. The normalized spacial score (nSPS) is 20.6. The van der Waals surface area contributed by atoms with Crippen LogP contribution in [-0.2, 0) is 16.0 Å². The Balaban J connectivity index is 1.93. The molecule has 7 heteroatoms. The molecule has 0 unspecified atom stereocenters. The van der Waals surface area contributed by atoms with Crippen molar-refractivity contribution >= 4 is 5.91 Å². The zero-order valence-electron chi connectivity index (χ0n) is 11.2. The van der Waals surface area contributed by atoms with Gasteiger partial charge in [-0.25, -0.2) is 0 Å². The van der Waals surface area contributed by atoms with E-state index in [0.29, 0.717) is 31.3 Å². The van der Waals surface area contributed by atoms with E-state index in [1.54, 1.807) is 7.11 Å². The van der Waals surface area contributed by atoms with Gasteiger partial charge in [-0.1, -0.05) is 5.16 Å². The van der Waals surface area contributed by atoms with Crippen LogP contribution in [0.2, 0.25) is 0 Å². The van der Waals surface area contributed by atoms with Gasteiger partial charge >= 0.3 is 0 Å². The van der Waals surface area contributed by atoms with Gasteiger partial charge in [0.05, 0.1) is 19.1 Å². The second-order valence-corrected chi connectivity index (χ2v) is 4.83. The fourth-order valence-electron chi connectivity index (χ4n) is 2.35. The summed E-state index contributed by atoms with van der Waals surface area (Å²) in [5.41, 5.74) is 5.22. The largest absolute Gasteiger partial charge is 0.384 e. The lowest BCUT2D eigenvalue weighted by atomic mass is 9.98. The van der Waals surface area contributed by atoms with Gasteiger partial charge in [0.25, 0.3) is 0 Å². The maximum Gasteiger partial charge on any atom is 0.231 e. The van der Waals surface area contributed by atoms with E-state index in [-0.39, 0.29) is 11.8 Å². The second-order valence-electron chi connectivity index (χ2n) is 4.83. The molecular formula is C12H20N4O3. The second kappa shape index (κ2) is 6.63. The van der Waals surface area contributed by atoms with Crippen LogP contribution in [0.5, 0.6) is 0 Å². The predicted octanol–water partition coefficient (Wildman–Crippen LogP) is -0.0768. The topological polar surface area (TPSA) is 94.5 Å². The number of amides is 1. The molecule has 2 rings (SSSR count). The summed E-state index contributed by atoms with van der Waals surface area (Å²) in [6.07, 6.45) is 2.66. The van der Waals surface area contributed by atoms with E-state index in [1.165, 1.54) is 0 Å². The molecule has 1 aliphatic rings. The molecule has 0 aliphatic carbocycles. The smallest absolute Gasteiger partial charge is 0.231 e. The van der Waals surface area contributed by atoms with E-state index in [1.807, 2.05) is 4.90 Å². The highest BCUT2D eigenvalue weighted by Gasteiger charge is 2.26. The number of ether oxygens (including phenoxy) is 1. The van der Waals surface area contributed by atoms with Crippen LogP contribution < -0.4 is 5.73 Å². The number of aromatic nitrogens is 2. The number of rotatable bonds is 6. The van der Waals surface area contributed by atoms with Gasteiger partial charge in [0, 0.05) is 20.1 Å². The van der Waals surface area contributed by atoms with Crippen molar-refractivity contribution in [3.05, 3.63) is 11.7 Å². The summed E-state index contributed by atoms with van der Waals surface area (Å²) in [5, 5.41) is 3.94. The van der Waals surface area contributed by atoms with Gasteiger partial charge < -0.3 is 15.0 Å². The van der Waals surface area contributed by atoms with Crippen LogP contribution in [0.4, 0.5) is 0 Å². The van der Waals surface area contributed by atoms with Gasteiger partial charge in [-0.15, -0.1) is 0 Å². The van der Waals surface area contributed by atoms with E-state index in [9.17, 15) is 4.79 Å². The first-order valence-corrected chi connectivity index (χ1v) is 6.51. The van der Waals surface area contributed by atoms with Crippen LogP contribution >= 0.6 is 0 Å². The first-order chi connectivity index (χ1) is 9.19. The molecule has 0 spiro atoms. The Bertz CT molecular complexity index is 421. The zero-order valence-corrected chi connectivity index (χ0v) is 11.2. The van der Waals surface area contributed by atoms with Crippen molar-refractivity contribution in [1.82, 2.24) is 15.0 Å². The third kappa shape index (κ3) is 4.00. The lowest BCUT2D eigenvalue weighted by molar-refractivity contribution is -0.119. The minimum atomic E-state index is -0.299. The number of methoxy groups -OCH3 is 1. The third-order valence-electron chi connectivity index (χ3n) is 3.25. The average Bonchev–Trinajstić information content (AvgIpc) is 2.84. The molecule has 0 radical (unpaired) electrons. The molecule has 1 aromatic heterocycles. The van der Waals surface area contributed by atoms with Crippen molar-refractivity contribution < 1.29 is 14.1 Å². The lowest BCUT2D eigenvalue weighted by Crippen LogP contribution is -2.40. The van der Waals surface area contributed by atoms with Gasteiger partial charge in [-0.3, -0.25) is 9.69 Å². The van der Waals surface area contributed by atoms with Crippen molar-refractivity contribution in [1.29, 1.82) is 0 Å². The Hall–Kier alpha value is -1.47. The molecule has 1 saturated heterocycles. The predicted molar refractivity (Wildman–Crippen MR) is 67.5 cm³/mol. The maximum atomic E-state index is 10.9. The number of hydrogen-bond acceptors (Lipinski definition) is 6. The maximum absolute atomic E-state index is 10.9. The van der Waals surface area contributed by atoms with Gasteiger partial charge in [-0.2, -0.15) is 4.98 Å². The molecule has 1 atom stereocenters. The third-order valence-corrected chi connectivity index (χ3v) is 3.25. The molecule has 106 valence electrons. The van der Waals surface area contributed by atoms with Crippen LogP contribution in [0.1, 0.15) is 30.5 Å². The SMILES string of the molecule is COCCc1noc([C@H]2CCCN(CC(N)=O)C2)n1. The molecule has 1 amide bonds. The summed E-state index contributed by atoms with van der Waals surface area (Å²) in [7, 11) is 1.64. The highest BCUT2D eigenvalue weighted by molar-refractivity contribution is 5.75. The Morgan fingerprint density at radius 2 is 2.47 bits per heavy atom. The Morgan fingerprint density at radius 3 is 3.21 bits per heavy atom. The van der Waals surface area contributed by atoms with Gasteiger partial charge in [-0.05, 0) is 19.4 Å². The monoisotopic (exact) mass is 268 g/mol. The summed E-state index contributed by atoms with van der Waals surface area (Å²) < 4.78 is 10.3. The number of carbonyl (C=O) groups is 1. The fourth-order valence-corrected chi connectivity index (χ4v) is 2.35. The molecule has 0 bridgehead atoms. The molecular weight excluding hydrogens is 248 g/mol. The summed E-state index contributed by atoms with van der Waals surface area (Å²) >= 11 is 0. The number of nitrogens with two attached hydrogens (primary N) is 1. The summed E-state index contributed by atoms with van der Waals surface area (Å²) in [6, 6.07) is 0. The van der Waals surface area contributed by atoms with Crippen LogP contribution in [-0.4, -0.2) is 54.3 Å². The molecule has 0 aromatic carbocycles. The number of carbonyl (C=O) groups excluding carboxylic acids is 1. The van der Waals surface area contributed by atoms with E-state index < -0.39 is 0 Å². The molecule has 1 aliphatic heterocycles. The number of piperidine rings is 1. The Labute approximate surface area is 112 Å². The lowest BCUT2D eigenvalue weighted by Gasteiger charge is -2.29. The van der Waals surface area contributed by atoms with Gasteiger partial charge in [0.2, 0.25) is 11.8 Å². The first kappa shape index (κ1) is 14.0. The fraction of sp³-hybridized carbons (Fsp3) is 0.750. The van der Waals surface area contributed by atoms with Crippen LogP contribution in [0.25, 0.3) is 0 Å². The van der Waals surface area contributed by atoms with E-state index in [4.69, 9.17) is 15.0 Å². The molecule has 19 heavy (non-hydrogen) atoms. The van der Waals surface area contributed by atoms with Crippen molar-refractivity contribution in [3.8, 4) is 0 Å². The zero-order chi connectivity index (χ0) is 13.7. The number of likely N-dealkylation sites (tertiary alicyclic amines) is 1. The minimum absolute atomic E-state index is 0.192. The van der Waals surface area contributed by atoms with E-state index in [0.717, 1.165) is 25.9 Å². The van der Waals surface area contributed by atoms with Crippen LogP contribution in [0.15, 0.2) is 4.52 Å². The van der Waals surface area contributed by atoms with E-state index >= 15 is 0 Å². The van der Waals surface area contributed by atoms with Crippen molar-refractivity contribution in [2.24, 2.45) is 5.73 Å². The average molecular weight is 268 g/mol. The molecule has 1 aromatic rings. The van der Waals surface area contributed by atoms with Crippen molar-refractivity contribution in [2.45, 2.75) is 25.2 Å². The van der Waals surface area contributed by atoms with E-state index in [2.05, 4.69) is 10.1 Å². The van der Waals surface area contributed by atoms with Crippen molar-refractivity contribution in [2.75, 3.05) is 33.4 Å². The molecule has 0 saturated carbocycles. The van der Waals surface area contributed by atoms with Crippen LogP contribution in [0, 0.1) is 0 Å². The summed E-state index contributed by atoms with van der Waals surface area (Å²) in [5.74, 6) is 1.22. The first-order valence-electron chi connectivity index (χ1n) is 6.51. The highest BCUT2D eigenvalue weighted by atomic mass is 16.5. The number of nitrogens with zero attached hydrogens (tertiary/aromatic N) is 3. The summed E-state index contributed by atoms with van der Waals surface area (Å²) in [4.78, 5) is 17.4. The molecule has 2 heterocycles. The van der Waals surface area contributed by atoms with Crippen LogP contribution in [0.3, 0.4) is 0 Å². The molecule has 1 fully saturated rings. The molecule has 2 N–H and O–H groups in total.